The number of hydrogen-bond acceptors (Lipinski definition) is 4. The first-order chi connectivity index (χ1) is 21.9. The van der Waals surface area contributed by atoms with Gasteiger partial charge in [-0.05, 0) is 78.4 Å². The Bertz CT molecular complexity index is 1670. The molecule has 0 spiro atoms. The van der Waals surface area contributed by atoms with E-state index in [1.807, 2.05) is 0 Å². The third-order valence-electron chi connectivity index (χ3n) is 7.93. The van der Waals surface area contributed by atoms with Crippen LogP contribution in [-0.2, 0) is 29.5 Å². The quantitative estimate of drug-likeness (QED) is 0.154. The summed E-state index contributed by atoms with van der Waals surface area (Å²) in [5.41, 5.74) is -1.29. The molecule has 7 nitrogen and oxygen atoms in total. The number of carboxylic acids is 1. The van der Waals surface area contributed by atoms with Crippen LogP contribution in [0.4, 0.5) is 22.4 Å². The Kier molecular flexibility index (Phi) is 9.93. The molecule has 1 saturated carbocycles. The number of benzene rings is 3. The first-order valence-electron chi connectivity index (χ1n) is 14.5. The van der Waals surface area contributed by atoms with Crippen LogP contribution in [0.1, 0.15) is 57.6 Å². The highest BCUT2D eigenvalue weighted by atomic mass is 35.5. The first kappa shape index (κ1) is 32.9. The Hall–Kier alpha value is -4.48. The second-order valence-electron chi connectivity index (χ2n) is 11.2. The van der Waals surface area contributed by atoms with Gasteiger partial charge in [0.25, 0.3) is 0 Å². The molecule has 2 unspecified atom stereocenters. The van der Waals surface area contributed by atoms with Gasteiger partial charge in [-0.25, -0.2) is 14.0 Å². The summed E-state index contributed by atoms with van der Waals surface area (Å²) in [5.74, 6) is -2.14. The van der Waals surface area contributed by atoms with E-state index in [1.54, 1.807) is 42.5 Å². The number of hydrogen-bond donors (Lipinski definition) is 3. The van der Waals surface area contributed by atoms with Crippen LogP contribution in [0, 0.1) is 5.82 Å². The zero-order valence-corrected chi connectivity index (χ0v) is 25.1. The molecule has 0 saturated heterocycles. The van der Waals surface area contributed by atoms with Gasteiger partial charge in [0.05, 0.1) is 34.6 Å². The van der Waals surface area contributed by atoms with Crippen molar-refractivity contribution in [2.24, 2.45) is 0 Å². The van der Waals surface area contributed by atoms with Gasteiger partial charge in [0.2, 0.25) is 0 Å². The molecule has 1 aromatic heterocycles. The Morgan fingerprint density at radius 2 is 1.65 bits per heavy atom. The lowest BCUT2D eigenvalue weighted by atomic mass is 9.79. The number of pyridine rings is 1. The van der Waals surface area contributed by atoms with Crippen LogP contribution in [0.2, 0.25) is 5.02 Å². The highest BCUT2D eigenvalue weighted by Crippen LogP contribution is 2.38. The summed E-state index contributed by atoms with van der Waals surface area (Å²) in [6.45, 7) is 0.257. The Morgan fingerprint density at radius 1 is 0.935 bits per heavy atom. The normalized spacial score (nSPS) is 17.7. The van der Waals surface area contributed by atoms with Crippen LogP contribution in [-0.4, -0.2) is 34.2 Å². The van der Waals surface area contributed by atoms with Gasteiger partial charge in [-0.3, -0.25) is 4.98 Å². The maximum Gasteiger partial charge on any atom is 0.416 e. The van der Waals surface area contributed by atoms with E-state index in [4.69, 9.17) is 21.4 Å². The molecule has 1 fully saturated rings. The van der Waals surface area contributed by atoms with Crippen molar-refractivity contribution in [3.63, 3.8) is 0 Å². The smallest absolute Gasteiger partial charge is 0.416 e. The molecular weight excluding hydrogens is 626 g/mol. The van der Waals surface area contributed by atoms with Crippen molar-refractivity contribution in [2.75, 3.05) is 0 Å². The predicted octanol–water partition coefficient (Wildman–Crippen LogP) is 7.51. The van der Waals surface area contributed by atoms with E-state index in [-0.39, 0.29) is 47.0 Å². The molecule has 5 rings (SSSR count). The maximum atomic E-state index is 14.9. The van der Waals surface area contributed by atoms with E-state index in [0.29, 0.717) is 30.9 Å². The molecule has 0 radical (unpaired) electrons. The van der Waals surface area contributed by atoms with Crippen molar-refractivity contribution < 1.29 is 37.0 Å². The number of carboxylic acid groups (broad SMARTS) is 1. The maximum absolute atomic E-state index is 14.9. The van der Waals surface area contributed by atoms with Crippen LogP contribution in [0.25, 0.3) is 0 Å². The largest absolute Gasteiger partial charge is 0.478 e. The average molecular weight is 656 g/mol. The van der Waals surface area contributed by atoms with Crippen molar-refractivity contribution >= 4 is 23.6 Å². The molecule has 1 aliphatic carbocycles. The SMILES string of the molecule is O=C(NC1CCC(OCc2ccc(C(=O)O)cc2)C1)N[C@@](Cc1ccccc1)(c1cc(F)cc(C(F)(F)F)c1)c1ccc(Cl)cn1. The van der Waals surface area contributed by atoms with Crippen LogP contribution < -0.4 is 10.6 Å². The van der Waals surface area contributed by atoms with Gasteiger partial charge in [0.1, 0.15) is 11.4 Å². The van der Waals surface area contributed by atoms with Crippen LogP contribution in [0.3, 0.4) is 0 Å². The van der Waals surface area contributed by atoms with E-state index in [0.717, 1.165) is 17.7 Å². The van der Waals surface area contributed by atoms with Gasteiger partial charge >= 0.3 is 18.2 Å². The van der Waals surface area contributed by atoms with E-state index >= 15 is 0 Å². The molecule has 3 aromatic carbocycles. The standard InChI is InChI=1S/C34H30ClF4N3O4/c35-26-10-13-30(40-19-26)33(18-21-4-2-1-3-5-21,24-14-25(34(37,38)39)16-27(36)15-24)42-32(45)41-28-11-12-29(17-28)46-20-22-6-8-23(9-7-22)31(43)44/h1-10,13-16,19,28-29H,11-12,17-18,20H2,(H,43,44)(H2,41,42,45)/t28?,29?,33-/m0/s1. The number of carbonyl (C=O) groups excluding carboxylic acids is 1. The molecule has 3 N–H and O–H groups in total. The minimum absolute atomic E-state index is 0.0479. The van der Waals surface area contributed by atoms with Crippen molar-refractivity contribution in [3.05, 3.63) is 135 Å². The van der Waals surface area contributed by atoms with E-state index < -0.39 is 35.1 Å². The summed E-state index contributed by atoms with van der Waals surface area (Å²) in [6, 6.07) is 19.3. The Balaban J connectivity index is 1.40. The molecule has 3 atom stereocenters. The minimum Gasteiger partial charge on any atom is -0.478 e. The Labute approximate surface area is 267 Å². The number of urea groups is 1. The number of alkyl halides is 3. The summed E-state index contributed by atoms with van der Waals surface area (Å²) in [6.07, 6.45) is -2.06. The van der Waals surface area contributed by atoms with Crippen LogP contribution in [0.15, 0.2) is 91.1 Å². The molecule has 2 amide bonds. The molecule has 4 aromatic rings. The zero-order chi connectivity index (χ0) is 32.9. The fraction of sp³-hybridized carbons (Fsp3) is 0.265. The van der Waals surface area contributed by atoms with Gasteiger partial charge in [-0.1, -0.05) is 54.1 Å². The molecule has 240 valence electrons. The summed E-state index contributed by atoms with van der Waals surface area (Å²) >= 11 is 6.09. The second kappa shape index (κ2) is 13.9. The number of amides is 2. The van der Waals surface area contributed by atoms with Crippen molar-refractivity contribution in [2.45, 2.75) is 56.2 Å². The van der Waals surface area contributed by atoms with E-state index in [1.165, 1.54) is 30.5 Å². The highest BCUT2D eigenvalue weighted by molar-refractivity contribution is 6.30. The Morgan fingerprint density at radius 3 is 2.30 bits per heavy atom. The van der Waals surface area contributed by atoms with Crippen molar-refractivity contribution in [3.8, 4) is 0 Å². The van der Waals surface area contributed by atoms with Gasteiger partial charge in [-0.15, -0.1) is 0 Å². The topological polar surface area (TPSA) is 101 Å². The fourth-order valence-electron chi connectivity index (χ4n) is 5.65. The molecular formula is C34H30ClF4N3O4. The van der Waals surface area contributed by atoms with Gasteiger partial charge in [-0.2, -0.15) is 13.2 Å². The number of ether oxygens (including phenoxy) is 1. The molecule has 0 aliphatic heterocycles. The highest BCUT2D eigenvalue weighted by Gasteiger charge is 2.41. The van der Waals surface area contributed by atoms with Gasteiger partial charge in [0.15, 0.2) is 0 Å². The van der Waals surface area contributed by atoms with Gasteiger partial charge < -0.3 is 20.5 Å². The molecule has 1 heterocycles. The number of carbonyl (C=O) groups is 2. The minimum atomic E-state index is -4.85. The number of nitrogens with one attached hydrogen (secondary N) is 2. The van der Waals surface area contributed by atoms with E-state index in [2.05, 4.69) is 15.6 Å². The van der Waals surface area contributed by atoms with Crippen LogP contribution >= 0.6 is 11.6 Å². The monoisotopic (exact) mass is 655 g/mol. The number of aromatic nitrogens is 1. The summed E-state index contributed by atoms with van der Waals surface area (Å²) in [5, 5.41) is 15.1. The van der Waals surface area contributed by atoms with Crippen LogP contribution in [0.5, 0.6) is 0 Å². The fourth-order valence-corrected chi connectivity index (χ4v) is 5.76. The van der Waals surface area contributed by atoms with Gasteiger partial charge in [0, 0.05) is 18.7 Å². The van der Waals surface area contributed by atoms with Crippen molar-refractivity contribution in [1.29, 1.82) is 0 Å². The molecule has 46 heavy (non-hydrogen) atoms. The lowest BCUT2D eigenvalue weighted by Gasteiger charge is -2.36. The number of rotatable bonds is 10. The lowest BCUT2D eigenvalue weighted by molar-refractivity contribution is -0.137. The second-order valence-corrected chi connectivity index (χ2v) is 11.6. The third kappa shape index (κ3) is 8.02. The average Bonchev–Trinajstić information content (AvgIpc) is 3.47. The number of halogens is 5. The summed E-state index contributed by atoms with van der Waals surface area (Å²) in [4.78, 5) is 29.1. The summed E-state index contributed by atoms with van der Waals surface area (Å²) in [7, 11) is 0. The molecule has 0 bridgehead atoms. The predicted molar refractivity (Wildman–Crippen MR) is 163 cm³/mol. The molecule has 12 heteroatoms. The summed E-state index contributed by atoms with van der Waals surface area (Å²) < 4.78 is 62.5. The zero-order valence-electron chi connectivity index (χ0n) is 24.4. The third-order valence-corrected chi connectivity index (χ3v) is 8.15. The first-order valence-corrected chi connectivity index (χ1v) is 14.9. The number of nitrogens with zero attached hydrogens (tertiary/aromatic N) is 1. The molecule has 1 aliphatic rings. The van der Waals surface area contributed by atoms with Crippen molar-refractivity contribution in [1.82, 2.24) is 15.6 Å². The lowest BCUT2D eigenvalue weighted by Crippen LogP contribution is -2.54. The van der Waals surface area contributed by atoms with E-state index in [9.17, 15) is 27.2 Å². The number of aromatic carboxylic acids is 1.